The molecule has 106 valence electrons. The van der Waals surface area contributed by atoms with Crippen molar-refractivity contribution in [3.8, 4) is 5.75 Å². The predicted molar refractivity (Wildman–Crippen MR) is 80.9 cm³/mol. The van der Waals surface area contributed by atoms with Crippen LogP contribution in [0.4, 0.5) is 5.13 Å². The van der Waals surface area contributed by atoms with Gasteiger partial charge in [0.1, 0.15) is 11.4 Å². The Hall–Kier alpha value is -2.54. The number of carbonyl (C=O) groups is 1. The first-order valence-electron chi connectivity index (χ1n) is 6.20. The van der Waals surface area contributed by atoms with E-state index in [9.17, 15) is 4.79 Å². The molecule has 3 rings (SSSR count). The molecule has 0 aliphatic heterocycles. The first-order valence-corrected chi connectivity index (χ1v) is 7.02. The third-order valence-electron chi connectivity index (χ3n) is 2.83. The number of rotatable bonds is 3. The fourth-order valence-corrected chi connectivity index (χ4v) is 2.65. The van der Waals surface area contributed by atoms with E-state index in [1.165, 1.54) is 17.5 Å². The third-order valence-corrected chi connectivity index (χ3v) is 3.76. The van der Waals surface area contributed by atoms with Gasteiger partial charge in [0.2, 0.25) is 0 Å². The molecule has 1 amide bonds. The lowest BCUT2D eigenvalue weighted by atomic mass is 10.3. The summed E-state index contributed by atoms with van der Waals surface area (Å²) in [5.74, 6) is 0.432. The molecule has 2 aromatic heterocycles. The molecule has 0 atom stereocenters. The molecule has 6 nitrogen and oxygen atoms in total. The molecule has 0 fully saturated rings. The van der Waals surface area contributed by atoms with Gasteiger partial charge in [0.05, 0.1) is 29.2 Å². The van der Waals surface area contributed by atoms with Crippen molar-refractivity contribution in [2.24, 2.45) is 0 Å². The largest absolute Gasteiger partial charge is 0.497 e. The first-order chi connectivity index (χ1) is 10.2. The number of nitrogens with zero attached hydrogens (tertiary/aromatic N) is 3. The molecule has 0 saturated carbocycles. The van der Waals surface area contributed by atoms with Crippen molar-refractivity contribution in [3.63, 3.8) is 0 Å². The maximum Gasteiger partial charge on any atom is 0.277 e. The van der Waals surface area contributed by atoms with E-state index in [0.717, 1.165) is 21.7 Å². The number of ether oxygens (including phenoxy) is 1. The van der Waals surface area contributed by atoms with Crippen molar-refractivity contribution in [1.29, 1.82) is 0 Å². The molecule has 0 unspecified atom stereocenters. The summed E-state index contributed by atoms with van der Waals surface area (Å²) in [5.41, 5.74) is 1.84. The molecule has 21 heavy (non-hydrogen) atoms. The van der Waals surface area contributed by atoms with Crippen LogP contribution in [0.1, 0.15) is 16.2 Å². The Bertz CT molecular complexity index is 798. The van der Waals surface area contributed by atoms with Gasteiger partial charge in [-0.15, -0.1) is 0 Å². The van der Waals surface area contributed by atoms with Crippen LogP contribution in [0, 0.1) is 6.92 Å². The van der Waals surface area contributed by atoms with Crippen LogP contribution in [0.25, 0.3) is 10.2 Å². The summed E-state index contributed by atoms with van der Waals surface area (Å²) in [5, 5.41) is 3.25. The summed E-state index contributed by atoms with van der Waals surface area (Å²) in [6.07, 6.45) is 3.00. The van der Waals surface area contributed by atoms with E-state index in [0.29, 0.717) is 5.13 Å². The van der Waals surface area contributed by atoms with Crippen LogP contribution in [0.2, 0.25) is 0 Å². The molecule has 0 saturated heterocycles. The second-order valence-electron chi connectivity index (χ2n) is 4.35. The standard InChI is InChI=1S/C14H12N4O2S/c1-8-6-16-11(7-15-8)13(19)18-14-17-10-4-3-9(20-2)5-12(10)21-14/h3-7H,1-2H3,(H,17,18,19). The van der Waals surface area contributed by atoms with Gasteiger partial charge in [0.25, 0.3) is 5.91 Å². The second-order valence-corrected chi connectivity index (χ2v) is 5.38. The third kappa shape index (κ3) is 2.82. The summed E-state index contributed by atoms with van der Waals surface area (Å²) in [6, 6.07) is 5.57. The minimum atomic E-state index is -0.325. The zero-order chi connectivity index (χ0) is 14.8. The first kappa shape index (κ1) is 13.4. The molecule has 3 aromatic rings. The van der Waals surface area contributed by atoms with Gasteiger partial charge in [-0.25, -0.2) is 9.97 Å². The van der Waals surface area contributed by atoms with Gasteiger partial charge in [-0.05, 0) is 25.1 Å². The minimum Gasteiger partial charge on any atom is -0.497 e. The Morgan fingerprint density at radius 2 is 2.14 bits per heavy atom. The molecular formula is C14H12N4O2S. The fraction of sp³-hybridized carbons (Fsp3) is 0.143. The summed E-state index contributed by atoms with van der Waals surface area (Å²) in [6.45, 7) is 1.82. The monoisotopic (exact) mass is 300 g/mol. The van der Waals surface area contributed by atoms with E-state index in [1.54, 1.807) is 13.3 Å². The molecule has 0 spiro atoms. The Morgan fingerprint density at radius 1 is 1.29 bits per heavy atom. The molecule has 7 heteroatoms. The lowest BCUT2D eigenvalue weighted by Gasteiger charge is -2.00. The van der Waals surface area contributed by atoms with E-state index in [2.05, 4.69) is 20.3 Å². The number of fused-ring (bicyclic) bond motifs is 1. The van der Waals surface area contributed by atoms with E-state index in [1.807, 2.05) is 25.1 Å². The van der Waals surface area contributed by atoms with Crippen molar-refractivity contribution < 1.29 is 9.53 Å². The van der Waals surface area contributed by atoms with Gasteiger partial charge in [0, 0.05) is 6.20 Å². The molecular weight excluding hydrogens is 288 g/mol. The van der Waals surface area contributed by atoms with E-state index in [-0.39, 0.29) is 11.6 Å². The number of hydrogen-bond acceptors (Lipinski definition) is 6. The van der Waals surface area contributed by atoms with Gasteiger partial charge in [-0.2, -0.15) is 0 Å². The van der Waals surface area contributed by atoms with Crippen LogP contribution in [-0.4, -0.2) is 28.0 Å². The zero-order valence-electron chi connectivity index (χ0n) is 11.5. The highest BCUT2D eigenvalue weighted by atomic mass is 32.1. The number of benzene rings is 1. The number of carbonyl (C=O) groups excluding carboxylic acids is 1. The van der Waals surface area contributed by atoms with Crippen molar-refractivity contribution in [3.05, 3.63) is 42.0 Å². The highest BCUT2D eigenvalue weighted by Crippen LogP contribution is 2.29. The fourth-order valence-electron chi connectivity index (χ4n) is 1.76. The Balaban J connectivity index is 1.84. The van der Waals surface area contributed by atoms with E-state index >= 15 is 0 Å². The van der Waals surface area contributed by atoms with Crippen LogP contribution >= 0.6 is 11.3 Å². The van der Waals surface area contributed by atoms with Crippen LogP contribution < -0.4 is 10.1 Å². The molecule has 0 aliphatic rings. The molecule has 0 bridgehead atoms. The minimum absolute atomic E-state index is 0.262. The lowest BCUT2D eigenvalue weighted by Crippen LogP contribution is -2.13. The maximum atomic E-state index is 12.1. The quantitative estimate of drug-likeness (QED) is 0.804. The van der Waals surface area contributed by atoms with Crippen molar-refractivity contribution in [2.45, 2.75) is 6.92 Å². The number of thiazole rings is 1. The number of amides is 1. The topological polar surface area (TPSA) is 77.0 Å². The SMILES string of the molecule is COc1ccc2nc(NC(=O)c3cnc(C)cn3)sc2c1. The molecule has 0 aliphatic carbocycles. The number of nitrogens with one attached hydrogen (secondary N) is 1. The van der Waals surface area contributed by atoms with Crippen LogP contribution in [0.15, 0.2) is 30.6 Å². The van der Waals surface area contributed by atoms with Gasteiger partial charge < -0.3 is 4.74 Å². The van der Waals surface area contributed by atoms with Gasteiger partial charge in [-0.1, -0.05) is 11.3 Å². The summed E-state index contributed by atoms with van der Waals surface area (Å²) in [4.78, 5) is 24.5. The lowest BCUT2D eigenvalue weighted by molar-refractivity contribution is 0.102. The van der Waals surface area contributed by atoms with Crippen LogP contribution in [0.3, 0.4) is 0 Å². The summed E-state index contributed by atoms with van der Waals surface area (Å²) in [7, 11) is 1.61. The second kappa shape index (κ2) is 5.45. The predicted octanol–water partition coefficient (Wildman–Crippen LogP) is 2.66. The zero-order valence-corrected chi connectivity index (χ0v) is 12.3. The number of anilines is 1. The smallest absolute Gasteiger partial charge is 0.277 e. The summed E-state index contributed by atoms with van der Waals surface area (Å²) < 4.78 is 6.11. The molecule has 1 aromatic carbocycles. The number of aromatic nitrogens is 3. The highest BCUT2D eigenvalue weighted by molar-refractivity contribution is 7.22. The molecule has 2 heterocycles. The Kier molecular flexibility index (Phi) is 3.49. The molecule has 0 radical (unpaired) electrons. The maximum absolute atomic E-state index is 12.1. The van der Waals surface area contributed by atoms with Crippen molar-refractivity contribution >= 4 is 32.6 Å². The number of aryl methyl sites for hydroxylation is 1. The van der Waals surface area contributed by atoms with Gasteiger partial charge in [0.15, 0.2) is 5.13 Å². The van der Waals surface area contributed by atoms with Gasteiger partial charge in [-0.3, -0.25) is 15.1 Å². The van der Waals surface area contributed by atoms with Crippen molar-refractivity contribution in [2.75, 3.05) is 12.4 Å². The average molecular weight is 300 g/mol. The number of hydrogen-bond donors (Lipinski definition) is 1. The van der Waals surface area contributed by atoms with E-state index < -0.39 is 0 Å². The summed E-state index contributed by atoms with van der Waals surface area (Å²) >= 11 is 1.38. The van der Waals surface area contributed by atoms with Crippen LogP contribution in [-0.2, 0) is 0 Å². The normalized spacial score (nSPS) is 10.6. The number of methoxy groups -OCH3 is 1. The molecule has 1 N–H and O–H groups in total. The van der Waals surface area contributed by atoms with E-state index in [4.69, 9.17) is 4.74 Å². The Labute approximate surface area is 124 Å². The van der Waals surface area contributed by atoms with Crippen LogP contribution in [0.5, 0.6) is 5.75 Å². The Morgan fingerprint density at radius 3 is 2.86 bits per heavy atom. The average Bonchev–Trinajstić information content (AvgIpc) is 2.88. The highest BCUT2D eigenvalue weighted by Gasteiger charge is 2.11. The van der Waals surface area contributed by atoms with Crippen molar-refractivity contribution in [1.82, 2.24) is 15.0 Å². The van der Waals surface area contributed by atoms with Gasteiger partial charge >= 0.3 is 0 Å².